The van der Waals surface area contributed by atoms with Crippen LogP contribution < -0.4 is 5.56 Å². The number of methoxy groups -OCH3 is 1. The molecule has 3 aromatic rings. The molecule has 0 bridgehead atoms. The molecule has 0 unspecified atom stereocenters. The van der Waals surface area contributed by atoms with Gasteiger partial charge in [0.1, 0.15) is 17.1 Å². The van der Waals surface area contributed by atoms with Crippen LogP contribution in [0.5, 0.6) is 0 Å². The van der Waals surface area contributed by atoms with Gasteiger partial charge in [-0.3, -0.25) is 14.4 Å². The first-order valence-electron chi connectivity index (χ1n) is 12.9. The van der Waals surface area contributed by atoms with Crippen LogP contribution in [0.2, 0.25) is 0 Å². The summed E-state index contributed by atoms with van der Waals surface area (Å²) in [7, 11) is 1.52. The van der Waals surface area contributed by atoms with Crippen molar-refractivity contribution in [1.29, 1.82) is 0 Å². The second-order valence-electron chi connectivity index (χ2n) is 10.5. The highest BCUT2D eigenvalue weighted by Crippen LogP contribution is 2.38. The molecule has 0 aliphatic carbocycles. The van der Waals surface area contributed by atoms with Gasteiger partial charge in [0.25, 0.3) is 5.56 Å². The van der Waals surface area contributed by atoms with Crippen LogP contribution in [0.4, 0.5) is 13.6 Å². The Morgan fingerprint density at radius 3 is 2.70 bits per heavy atom. The average molecular weight is 577 g/mol. The number of fused-ring (bicyclic) bond motifs is 2. The van der Waals surface area contributed by atoms with Gasteiger partial charge in [-0.1, -0.05) is 0 Å². The van der Waals surface area contributed by atoms with E-state index in [4.69, 9.17) is 19.3 Å². The Bertz CT molecular complexity index is 1510. The number of nitrogens with zero attached hydrogens (tertiary/aromatic N) is 3. The highest BCUT2D eigenvalue weighted by Gasteiger charge is 2.33. The number of aromatic nitrogens is 3. The third-order valence-electron chi connectivity index (χ3n) is 6.36. The lowest BCUT2D eigenvalue weighted by Gasteiger charge is -2.35. The van der Waals surface area contributed by atoms with Crippen LogP contribution in [0.25, 0.3) is 27.0 Å². The second kappa shape index (κ2) is 12.0. The summed E-state index contributed by atoms with van der Waals surface area (Å²) >= 11 is 1.27. The van der Waals surface area contributed by atoms with Crippen LogP contribution in [-0.4, -0.2) is 64.8 Å². The number of H-pyrrole nitrogens is 1. The van der Waals surface area contributed by atoms with Crippen molar-refractivity contribution in [2.75, 3.05) is 33.5 Å². The topological polar surface area (TPSA) is 98.7 Å². The first kappa shape index (κ1) is 29.6. The number of nitrogens with one attached hydrogen (secondary N) is 1. The molecule has 216 valence electrons. The molecule has 1 N–H and O–H groups in total. The summed E-state index contributed by atoms with van der Waals surface area (Å²) in [6.07, 6.45) is 0.361. The van der Waals surface area contributed by atoms with E-state index in [-0.39, 0.29) is 36.1 Å². The molecule has 40 heavy (non-hydrogen) atoms. The summed E-state index contributed by atoms with van der Waals surface area (Å²) < 4.78 is 48.0. The van der Waals surface area contributed by atoms with Crippen molar-refractivity contribution in [2.24, 2.45) is 0 Å². The number of carbonyl (C=O) groups is 1. The Labute approximate surface area is 235 Å². The third-order valence-corrected chi connectivity index (χ3v) is 7.29. The number of amides is 1. The van der Waals surface area contributed by atoms with E-state index in [0.717, 1.165) is 18.7 Å². The minimum atomic E-state index is -0.825. The molecular formula is C28H34F2N4O5S. The van der Waals surface area contributed by atoms with Crippen LogP contribution in [0, 0.1) is 0 Å². The molecule has 0 saturated carbocycles. The molecule has 0 spiro atoms. The molecule has 9 nitrogen and oxygen atoms in total. The molecule has 1 amide bonds. The number of allylic oxidation sites excluding steroid dienone is 3. The normalized spacial score (nSPS) is 16.8. The predicted octanol–water partition coefficient (Wildman–Crippen LogP) is 5.98. The molecule has 12 heteroatoms. The third kappa shape index (κ3) is 6.34. The zero-order valence-electron chi connectivity index (χ0n) is 23.5. The number of thiophene rings is 1. The van der Waals surface area contributed by atoms with E-state index >= 15 is 4.39 Å². The van der Waals surface area contributed by atoms with Gasteiger partial charge in [-0.05, 0) is 52.1 Å². The smallest absolute Gasteiger partial charge is 0.410 e. The van der Waals surface area contributed by atoms with Crippen LogP contribution >= 0.6 is 11.3 Å². The van der Waals surface area contributed by atoms with Crippen molar-refractivity contribution >= 4 is 33.1 Å². The lowest BCUT2D eigenvalue weighted by molar-refractivity contribution is 0.0120. The number of aromatic amines is 1. The molecule has 3 aromatic heterocycles. The first-order valence-corrected chi connectivity index (χ1v) is 13.8. The van der Waals surface area contributed by atoms with Gasteiger partial charge in [0.15, 0.2) is 0 Å². The van der Waals surface area contributed by atoms with E-state index < -0.39 is 23.3 Å². The Morgan fingerprint density at radius 1 is 1.27 bits per heavy atom. The largest absolute Gasteiger partial charge is 0.444 e. The van der Waals surface area contributed by atoms with Gasteiger partial charge in [-0.15, -0.1) is 11.3 Å². The number of rotatable bonds is 8. The fourth-order valence-electron chi connectivity index (χ4n) is 4.55. The maximum atomic E-state index is 15.6. The van der Waals surface area contributed by atoms with Crippen molar-refractivity contribution in [2.45, 2.75) is 52.8 Å². The Balaban J connectivity index is 1.85. The molecule has 0 fully saturated rings. The fraction of sp³-hybridized carbons (Fsp3) is 0.464. The quantitative estimate of drug-likeness (QED) is 0.262. The van der Waals surface area contributed by atoms with E-state index in [9.17, 15) is 14.0 Å². The predicted molar refractivity (Wildman–Crippen MR) is 151 cm³/mol. The summed E-state index contributed by atoms with van der Waals surface area (Å²) in [4.78, 5) is 30.4. The van der Waals surface area contributed by atoms with Crippen LogP contribution in [0.1, 0.15) is 51.9 Å². The zero-order valence-corrected chi connectivity index (χ0v) is 24.3. The van der Waals surface area contributed by atoms with Gasteiger partial charge in [-0.2, -0.15) is 5.10 Å². The van der Waals surface area contributed by atoms with Crippen molar-refractivity contribution in [3.8, 4) is 11.4 Å². The molecule has 4 rings (SSSR count). The van der Waals surface area contributed by atoms with Crippen molar-refractivity contribution in [1.82, 2.24) is 19.7 Å². The molecule has 1 aliphatic rings. The summed E-state index contributed by atoms with van der Waals surface area (Å²) in [5.74, 6) is -1.54. The van der Waals surface area contributed by atoms with E-state index in [2.05, 4.69) is 4.98 Å². The lowest BCUT2D eigenvalue weighted by Crippen LogP contribution is -2.43. The molecular weight excluding hydrogens is 542 g/mol. The monoisotopic (exact) mass is 576 g/mol. The lowest BCUT2D eigenvalue weighted by atomic mass is 9.99. The Kier molecular flexibility index (Phi) is 8.91. The fourth-order valence-corrected chi connectivity index (χ4v) is 5.52. The van der Waals surface area contributed by atoms with E-state index in [1.807, 2.05) is 27.7 Å². The van der Waals surface area contributed by atoms with Gasteiger partial charge < -0.3 is 19.2 Å². The Morgan fingerprint density at radius 2 is 2.02 bits per heavy atom. The van der Waals surface area contributed by atoms with Crippen molar-refractivity contribution < 1.29 is 27.8 Å². The minimum Gasteiger partial charge on any atom is -0.444 e. The highest BCUT2D eigenvalue weighted by atomic mass is 32.1. The van der Waals surface area contributed by atoms with E-state index in [0.29, 0.717) is 41.0 Å². The van der Waals surface area contributed by atoms with Gasteiger partial charge >= 0.3 is 6.09 Å². The van der Waals surface area contributed by atoms with Crippen molar-refractivity contribution in [3.05, 3.63) is 56.9 Å². The zero-order chi connectivity index (χ0) is 29.2. The molecule has 4 heterocycles. The average Bonchev–Trinajstić information content (AvgIpc) is 3.51. The second-order valence-corrected chi connectivity index (χ2v) is 11.4. The molecule has 1 atom stereocenters. The highest BCUT2D eigenvalue weighted by molar-refractivity contribution is 7.17. The first-order chi connectivity index (χ1) is 18.9. The molecule has 0 saturated heterocycles. The van der Waals surface area contributed by atoms with Gasteiger partial charge in [0.2, 0.25) is 0 Å². The number of halogens is 2. The summed E-state index contributed by atoms with van der Waals surface area (Å²) in [6.45, 7) is 9.52. The standard InChI is InChI=1S/C28H34F2N4O5S/c1-16(29)13-20(30)19(15-38-11-10-37-6)23-24(31-26(35)18-7-12-40-25(18)23)21-14-22-17(2)33(8-9-34(22)32-21)27(36)39-28(3,4)5/h7,12-14,17H,8-11,15H2,1-6H3,(H,31,35)/b16-13+,20-19?/t17-/m1/s1. The number of hydrogen-bond donors (Lipinski definition) is 1. The summed E-state index contributed by atoms with van der Waals surface area (Å²) in [6, 6.07) is 3.06. The SMILES string of the molecule is COCCOCC(=C(F)/C=C(\C)F)c1c(-c2cc3n(n2)CCN(C(=O)OC(C)(C)C)[C@@H]3C)[nH]c(=O)c2ccsc12. The van der Waals surface area contributed by atoms with Crippen molar-refractivity contribution in [3.63, 3.8) is 0 Å². The van der Waals surface area contributed by atoms with E-state index in [1.165, 1.54) is 18.4 Å². The number of ether oxygens (including phenoxy) is 3. The molecule has 1 aliphatic heterocycles. The molecule has 0 radical (unpaired) electrons. The number of carbonyl (C=O) groups excluding carboxylic acids is 1. The minimum absolute atomic E-state index is 0.0706. The van der Waals surface area contributed by atoms with Gasteiger partial charge in [0, 0.05) is 35.6 Å². The van der Waals surface area contributed by atoms with Crippen LogP contribution in [-0.2, 0) is 20.8 Å². The van der Waals surface area contributed by atoms with Crippen LogP contribution in [0.15, 0.2) is 40.0 Å². The van der Waals surface area contributed by atoms with Gasteiger partial charge in [-0.25, -0.2) is 13.6 Å². The number of hydrogen-bond acceptors (Lipinski definition) is 7. The summed E-state index contributed by atoms with van der Waals surface area (Å²) in [5.41, 5.74) is 0.829. The molecule has 0 aromatic carbocycles. The summed E-state index contributed by atoms with van der Waals surface area (Å²) in [5, 5.41) is 6.84. The maximum Gasteiger partial charge on any atom is 0.410 e. The Hall–Kier alpha value is -3.35. The van der Waals surface area contributed by atoms with Gasteiger partial charge in [0.05, 0.1) is 55.0 Å². The number of pyridine rings is 1. The van der Waals surface area contributed by atoms with Crippen LogP contribution in [0.3, 0.4) is 0 Å². The maximum absolute atomic E-state index is 15.6. The van der Waals surface area contributed by atoms with E-state index in [1.54, 1.807) is 27.1 Å².